The molecule has 0 fully saturated rings. The van der Waals surface area contributed by atoms with Gasteiger partial charge in [-0.25, -0.2) is 8.78 Å². The first kappa shape index (κ1) is 10.8. The Balaban J connectivity index is 4.13. The van der Waals surface area contributed by atoms with E-state index in [1.165, 1.54) is 13.8 Å². The molecule has 2 N–H and O–H groups in total. The van der Waals surface area contributed by atoms with E-state index >= 15 is 0 Å². The third kappa shape index (κ3) is 4.30. The second-order valence-corrected chi connectivity index (χ2v) is 4.08. The number of nitrogens with two attached hydrogens (primary N) is 1. The molecule has 0 aliphatic rings. The van der Waals surface area contributed by atoms with Crippen LogP contribution in [0.1, 0.15) is 34.1 Å². The normalized spacial score (nSPS) is 14.2. The maximum Gasteiger partial charge on any atom is 0.252 e. The van der Waals surface area contributed by atoms with Gasteiger partial charge in [0.2, 0.25) is 0 Å². The molecule has 0 unspecified atom stereocenters. The summed E-state index contributed by atoms with van der Waals surface area (Å²) in [5.41, 5.74) is 4.70. The molecule has 0 atom stereocenters. The zero-order valence-electron chi connectivity index (χ0n) is 7.62. The number of hydrogen-bond acceptors (Lipinski definition) is 1. The molecule has 1 nitrogen and oxygen atoms in total. The van der Waals surface area contributed by atoms with Crippen LogP contribution in [-0.4, -0.2) is 11.5 Å². The van der Waals surface area contributed by atoms with Crippen molar-refractivity contribution in [3.63, 3.8) is 0 Å². The fraction of sp³-hybridized carbons (Fsp3) is 1.00. The van der Waals surface area contributed by atoms with Crippen molar-refractivity contribution in [3.05, 3.63) is 0 Å². The van der Waals surface area contributed by atoms with Crippen molar-refractivity contribution in [2.45, 2.75) is 45.6 Å². The number of halogens is 2. The van der Waals surface area contributed by atoms with E-state index in [0.29, 0.717) is 0 Å². The van der Waals surface area contributed by atoms with Crippen LogP contribution >= 0.6 is 0 Å². The molecule has 0 aliphatic carbocycles. The van der Waals surface area contributed by atoms with E-state index in [9.17, 15) is 8.78 Å². The van der Waals surface area contributed by atoms with E-state index in [2.05, 4.69) is 0 Å². The van der Waals surface area contributed by atoms with Crippen LogP contribution in [0.4, 0.5) is 8.78 Å². The van der Waals surface area contributed by atoms with Gasteiger partial charge in [0.05, 0.1) is 0 Å². The van der Waals surface area contributed by atoms with Crippen LogP contribution in [0.3, 0.4) is 0 Å². The van der Waals surface area contributed by atoms with E-state index in [1.807, 2.05) is 0 Å². The molecule has 0 radical (unpaired) electrons. The molecule has 0 saturated heterocycles. The lowest BCUT2D eigenvalue weighted by Gasteiger charge is -2.28. The van der Waals surface area contributed by atoms with Crippen LogP contribution in [0.2, 0.25) is 0 Å². The van der Waals surface area contributed by atoms with E-state index in [0.717, 1.165) is 0 Å². The van der Waals surface area contributed by atoms with Crippen LogP contribution in [0.5, 0.6) is 0 Å². The van der Waals surface area contributed by atoms with Crippen LogP contribution in [0.25, 0.3) is 0 Å². The molecule has 0 rings (SSSR count). The van der Waals surface area contributed by atoms with Crippen LogP contribution in [0.15, 0.2) is 0 Å². The van der Waals surface area contributed by atoms with Crippen LogP contribution in [0, 0.1) is 5.92 Å². The molecule has 0 aromatic rings. The molecular formula is C8H17F2N. The van der Waals surface area contributed by atoms with Gasteiger partial charge < -0.3 is 5.73 Å². The van der Waals surface area contributed by atoms with Gasteiger partial charge in [-0.15, -0.1) is 0 Å². The summed E-state index contributed by atoms with van der Waals surface area (Å²) in [6.07, 6.45) is -0.252. The van der Waals surface area contributed by atoms with Crippen molar-refractivity contribution >= 4 is 0 Å². The highest BCUT2D eigenvalue weighted by Gasteiger charge is 2.37. The third-order valence-electron chi connectivity index (χ3n) is 1.54. The largest absolute Gasteiger partial charge is 0.325 e. The van der Waals surface area contributed by atoms with Gasteiger partial charge in [-0.05, 0) is 13.8 Å². The lowest BCUT2D eigenvalue weighted by atomic mass is 9.91. The first-order chi connectivity index (χ1) is 4.65. The first-order valence-corrected chi connectivity index (χ1v) is 3.82. The topological polar surface area (TPSA) is 26.0 Å². The maximum absolute atomic E-state index is 13.0. The van der Waals surface area contributed by atoms with E-state index in [1.54, 1.807) is 13.8 Å². The molecule has 0 amide bonds. The van der Waals surface area contributed by atoms with Gasteiger partial charge in [0.1, 0.15) is 0 Å². The van der Waals surface area contributed by atoms with Gasteiger partial charge in [0.15, 0.2) is 0 Å². The summed E-state index contributed by atoms with van der Waals surface area (Å²) >= 11 is 0. The van der Waals surface area contributed by atoms with Gasteiger partial charge in [-0.3, -0.25) is 0 Å². The Labute approximate surface area is 67.0 Å². The van der Waals surface area contributed by atoms with Gasteiger partial charge >= 0.3 is 0 Å². The van der Waals surface area contributed by atoms with Crippen molar-refractivity contribution in [1.29, 1.82) is 0 Å². The second-order valence-electron chi connectivity index (χ2n) is 4.08. The highest BCUT2D eigenvalue weighted by atomic mass is 19.3. The van der Waals surface area contributed by atoms with E-state index < -0.39 is 17.4 Å². The van der Waals surface area contributed by atoms with E-state index in [4.69, 9.17) is 5.73 Å². The molecule has 0 aliphatic heterocycles. The van der Waals surface area contributed by atoms with Crippen LogP contribution < -0.4 is 5.73 Å². The Morgan fingerprint density at radius 1 is 1.27 bits per heavy atom. The number of alkyl halides is 2. The summed E-state index contributed by atoms with van der Waals surface area (Å²) in [6, 6.07) is 0. The molecule has 0 aromatic heterocycles. The predicted octanol–water partition coefficient (Wildman–Crippen LogP) is 2.41. The lowest BCUT2D eigenvalue weighted by molar-refractivity contribution is -0.0654. The molecule has 68 valence electrons. The minimum atomic E-state index is -2.64. The third-order valence-corrected chi connectivity index (χ3v) is 1.54. The monoisotopic (exact) mass is 165 g/mol. The van der Waals surface area contributed by atoms with E-state index in [-0.39, 0.29) is 6.42 Å². The molecule has 0 saturated carbocycles. The highest BCUT2D eigenvalue weighted by molar-refractivity contribution is 4.83. The van der Waals surface area contributed by atoms with Crippen molar-refractivity contribution in [2.75, 3.05) is 0 Å². The minimum absolute atomic E-state index is 0.252. The summed E-state index contributed by atoms with van der Waals surface area (Å²) < 4.78 is 25.9. The molecule has 0 spiro atoms. The van der Waals surface area contributed by atoms with Crippen molar-refractivity contribution in [2.24, 2.45) is 11.7 Å². The smallest absolute Gasteiger partial charge is 0.252 e. The first-order valence-electron chi connectivity index (χ1n) is 3.82. The zero-order valence-corrected chi connectivity index (χ0v) is 7.62. The van der Waals surface area contributed by atoms with Gasteiger partial charge in [-0.2, -0.15) is 0 Å². The molecule has 0 heterocycles. The number of rotatable bonds is 3. The van der Waals surface area contributed by atoms with Crippen molar-refractivity contribution < 1.29 is 8.78 Å². The summed E-state index contributed by atoms with van der Waals surface area (Å²) in [7, 11) is 0. The number of hydrogen-bond donors (Lipinski definition) is 1. The molecule has 3 heteroatoms. The summed E-state index contributed by atoms with van der Waals surface area (Å²) in [5.74, 6) is -3.27. The standard InChI is InChI=1S/C8H17F2N/c1-6(2)8(9,10)5-7(3,4)11/h6H,5,11H2,1-4H3. The second kappa shape index (κ2) is 3.05. The molecule has 0 aromatic carbocycles. The lowest BCUT2D eigenvalue weighted by Crippen LogP contribution is -2.41. The predicted molar refractivity (Wildman–Crippen MR) is 42.7 cm³/mol. The molecule has 0 bridgehead atoms. The molecular weight excluding hydrogens is 148 g/mol. The Morgan fingerprint density at radius 2 is 1.64 bits per heavy atom. The summed E-state index contributed by atoms with van der Waals surface area (Å²) in [5, 5.41) is 0. The SMILES string of the molecule is CC(C)C(F)(F)CC(C)(C)N. The Kier molecular flexibility index (Phi) is 3.00. The maximum atomic E-state index is 13.0. The van der Waals surface area contributed by atoms with Gasteiger partial charge in [0.25, 0.3) is 5.92 Å². The fourth-order valence-corrected chi connectivity index (χ4v) is 0.812. The van der Waals surface area contributed by atoms with Gasteiger partial charge in [-0.1, -0.05) is 13.8 Å². The van der Waals surface area contributed by atoms with Gasteiger partial charge in [0, 0.05) is 17.9 Å². The molecule has 11 heavy (non-hydrogen) atoms. The Bertz CT molecular complexity index is 125. The van der Waals surface area contributed by atoms with Crippen molar-refractivity contribution in [1.82, 2.24) is 0 Å². The Morgan fingerprint density at radius 3 is 1.73 bits per heavy atom. The minimum Gasteiger partial charge on any atom is -0.325 e. The summed E-state index contributed by atoms with van der Waals surface area (Å²) in [6.45, 7) is 6.24. The van der Waals surface area contributed by atoms with Crippen molar-refractivity contribution in [3.8, 4) is 0 Å². The zero-order chi connectivity index (χ0) is 9.28. The fourth-order valence-electron chi connectivity index (χ4n) is 0.812. The quantitative estimate of drug-likeness (QED) is 0.682. The van der Waals surface area contributed by atoms with Crippen LogP contribution in [-0.2, 0) is 0 Å². The highest BCUT2D eigenvalue weighted by Crippen LogP contribution is 2.31. The Hall–Kier alpha value is -0.180. The average molecular weight is 165 g/mol. The average Bonchev–Trinajstić information content (AvgIpc) is 1.56. The summed E-state index contributed by atoms with van der Waals surface area (Å²) in [4.78, 5) is 0.